The van der Waals surface area contributed by atoms with E-state index in [2.05, 4.69) is 20.0 Å². The third-order valence-electron chi connectivity index (χ3n) is 4.98. The zero-order valence-electron chi connectivity index (χ0n) is 16.9. The lowest BCUT2D eigenvalue weighted by Gasteiger charge is -2.43. The summed E-state index contributed by atoms with van der Waals surface area (Å²) >= 11 is 5.80. The van der Waals surface area contributed by atoms with Crippen LogP contribution in [0.5, 0.6) is 0 Å². The summed E-state index contributed by atoms with van der Waals surface area (Å²) in [7, 11) is 1.29. The summed E-state index contributed by atoms with van der Waals surface area (Å²) in [5, 5.41) is 2.73. The lowest BCUT2D eigenvalue weighted by molar-refractivity contribution is 0.0593. The van der Waals surface area contributed by atoms with Crippen LogP contribution in [0.25, 0.3) is 0 Å². The minimum atomic E-state index is -0.545. The summed E-state index contributed by atoms with van der Waals surface area (Å²) in [5.74, 6) is -0.282. The highest BCUT2D eigenvalue weighted by Crippen LogP contribution is 2.24. The Bertz CT molecular complexity index is 925. The number of benzene rings is 1. The molecule has 160 valence electrons. The first-order valence-electron chi connectivity index (χ1n) is 9.48. The highest BCUT2D eigenvalue weighted by atomic mass is 35.5. The van der Waals surface area contributed by atoms with Gasteiger partial charge in [0.15, 0.2) is 5.69 Å². The van der Waals surface area contributed by atoms with Crippen molar-refractivity contribution in [2.45, 2.75) is 19.9 Å². The number of hydrogen-bond acceptors (Lipinski definition) is 6. The molecule has 30 heavy (non-hydrogen) atoms. The molecule has 1 aromatic carbocycles. The van der Waals surface area contributed by atoms with Crippen LogP contribution in [0.2, 0.25) is 5.02 Å². The van der Waals surface area contributed by atoms with E-state index in [1.54, 1.807) is 4.90 Å². The number of carbonyl (C=O) groups is 2. The van der Waals surface area contributed by atoms with Gasteiger partial charge in [0.2, 0.25) is 0 Å². The molecule has 1 fully saturated rings. The van der Waals surface area contributed by atoms with E-state index < -0.39 is 11.8 Å². The number of amides is 2. The molecule has 1 aromatic heterocycles. The molecule has 0 saturated carbocycles. The minimum absolute atomic E-state index is 0.0491. The highest BCUT2D eigenvalue weighted by Gasteiger charge is 2.33. The number of carbonyl (C=O) groups excluding carboxylic acids is 2. The number of nitrogens with zero attached hydrogens (tertiary/aromatic N) is 4. The van der Waals surface area contributed by atoms with Crippen LogP contribution in [0.3, 0.4) is 0 Å². The van der Waals surface area contributed by atoms with Crippen molar-refractivity contribution in [1.29, 1.82) is 0 Å². The van der Waals surface area contributed by atoms with E-state index in [0.29, 0.717) is 31.1 Å². The van der Waals surface area contributed by atoms with Crippen molar-refractivity contribution in [3.05, 3.63) is 47.1 Å². The van der Waals surface area contributed by atoms with Crippen LogP contribution in [0.15, 0.2) is 30.6 Å². The Morgan fingerprint density at radius 3 is 2.63 bits per heavy atom. The molecule has 1 unspecified atom stereocenters. The van der Waals surface area contributed by atoms with Gasteiger partial charge in [-0.05, 0) is 24.1 Å². The van der Waals surface area contributed by atoms with Gasteiger partial charge in [-0.15, -0.1) is 0 Å². The maximum atomic E-state index is 13.4. The van der Waals surface area contributed by atoms with Gasteiger partial charge in [-0.1, -0.05) is 25.4 Å². The van der Waals surface area contributed by atoms with Crippen molar-refractivity contribution in [2.24, 2.45) is 5.92 Å². The second kappa shape index (κ2) is 9.25. The first kappa shape index (κ1) is 21.8. The van der Waals surface area contributed by atoms with Gasteiger partial charge in [0, 0.05) is 25.3 Å². The predicted molar refractivity (Wildman–Crippen MR) is 111 cm³/mol. The fraction of sp³-hybridized carbons (Fsp3) is 0.400. The first-order valence-corrected chi connectivity index (χ1v) is 9.86. The van der Waals surface area contributed by atoms with Gasteiger partial charge in [0.1, 0.15) is 11.6 Å². The molecular formula is C20H23ClFN5O3. The minimum Gasteiger partial charge on any atom is -0.464 e. The van der Waals surface area contributed by atoms with Crippen molar-refractivity contribution < 1.29 is 18.7 Å². The SMILES string of the molecule is COC(=O)c1cnc(N2CCN(C(=O)Nc3ccc(F)c(Cl)c3)C(C(C)C)C2)cn1. The number of anilines is 2. The van der Waals surface area contributed by atoms with Crippen molar-refractivity contribution in [1.82, 2.24) is 14.9 Å². The summed E-state index contributed by atoms with van der Waals surface area (Å²) in [6, 6.07) is 3.71. The Hall–Kier alpha value is -2.94. The lowest BCUT2D eigenvalue weighted by Crippen LogP contribution is -2.58. The zero-order valence-corrected chi connectivity index (χ0v) is 17.7. The van der Waals surface area contributed by atoms with Gasteiger partial charge >= 0.3 is 12.0 Å². The van der Waals surface area contributed by atoms with Gasteiger partial charge in [-0.3, -0.25) is 0 Å². The number of rotatable bonds is 4. The van der Waals surface area contributed by atoms with Gasteiger partial charge < -0.3 is 19.9 Å². The molecule has 0 aliphatic carbocycles. The normalized spacial score (nSPS) is 16.5. The van der Waals surface area contributed by atoms with Crippen molar-refractivity contribution >= 4 is 35.1 Å². The van der Waals surface area contributed by atoms with Crippen molar-refractivity contribution in [3.8, 4) is 0 Å². The Balaban J connectivity index is 1.71. The van der Waals surface area contributed by atoms with E-state index >= 15 is 0 Å². The number of piperazine rings is 1. The number of esters is 1. The predicted octanol–water partition coefficient (Wildman–Crippen LogP) is 3.43. The number of methoxy groups -OCH3 is 1. The van der Waals surface area contributed by atoms with Crippen LogP contribution in [-0.2, 0) is 4.74 Å². The van der Waals surface area contributed by atoms with E-state index in [4.69, 9.17) is 11.6 Å². The van der Waals surface area contributed by atoms with E-state index in [9.17, 15) is 14.0 Å². The largest absolute Gasteiger partial charge is 0.464 e. The van der Waals surface area contributed by atoms with Crippen LogP contribution >= 0.6 is 11.6 Å². The standard InChI is InChI=1S/C20H23ClFN5O3/c1-12(2)17-11-26(18-10-23-16(9-24-18)19(28)30-3)6-7-27(17)20(29)25-13-4-5-15(22)14(21)8-13/h4-5,8-10,12,17H,6-7,11H2,1-3H3,(H,25,29). The fourth-order valence-electron chi connectivity index (χ4n) is 3.30. The number of ether oxygens (including phenoxy) is 1. The molecule has 1 atom stereocenters. The molecule has 0 bridgehead atoms. The average molecular weight is 436 g/mol. The van der Waals surface area contributed by atoms with Gasteiger partial charge in [-0.2, -0.15) is 0 Å². The molecule has 0 radical (unpaired) electrons. The lowest BCUT2D eigenvalue weighted by atomic mass is 10.00. The second-order valence-corrected chi connectivity index (χ2v) is 7.67. The molecule has 8 nitrogen and oxygen atoms in total. The first-order chi connectivity index (χ1) is 14.3. The van der Waals surface area contributed by atoms with Gasteiger partial charge in [0.25, 0.3) is 0 Å². The van der Waals surface area contributed by atoms with Gasteiger partial charge in [0.05, 0.1) is 30.6 Å². The Morgan fingerprint density at radius 2 is 2.03 bits per heavy atom. The fourth-order valence-corrected chi connectivity index (χ4v) is 3.49. The third kappa shape index (κ3) is 4.79. The molecule has 2 heterocycles. The molecule has 0 spiro atoms. The summed E-state index contributed by atoms with van der Waals surface area (Å²) < 4.78 is 18.0. The summed E-state index contributed by atoms with van der Waals surface area (Å²) in [4.78, 5) is 36.6. The quantitative estimate of drug-likeness (QED) is 0.740. The topological polar surface area (TPSA) is 87.7 Å². The van der Waals surface area contributed by atoms with Crippen LogP contribution < -0.4 is 10.2 Å². The van der Waals surface area contributed by atoms with E-state index in [0.717, 1.165) is 0 Å². The second-order valence-electron chi connectivity index (χ2n) is 7.26. The van der Waals surface area contributed by atoms with Crippen LogP contribution in [0, 0.1) is 11.7 Å². The molecular weight excluding hydrogens is 413 g/mol. The summed E-state index contributed by atoms with van der Waals surface area (Å²) in [5.41, 5.74) is 0.568. The molecule has 2 amide bonds. The molecule has 2 aromatic rings. The molecule has 1 N–H and O–H groups in total. The number of halogens is 2. The summed E-state index contributed by atoms with van der Waals surface area (Å²) in [6.07, 6.45) is 2.91. The molecule has 1 aliphatic rings. The molecule has 10 heteroatoms. The molecule has 1 aliphatic heterocycles. The number of aromatic nitrogens is 2. The monoisotopic (exact) mass is 435 g/mol. The van der Waals surface area contributed by atoms with E-state index in [1.807, 2.05) is 18.7 Å². The van der Waals surface area contributed by atoms with Crippen LogP contribution in [0.4, 0.5) is 20.7 Å². The smallest absolute Gasteiger partial charge is 0.358 e. The zero-order chi connectivity index (χ0) is 21.8. The summed E-state index contributed by atoms with van der Waals surface area (Å²) in [6.45, 7) is 5.64. The van der Waals surface area contributed by atoms with Crippen molar-refractivity contribution in [3.63, 3.8) is 0 Å². The molecule has 1 saturated heterocycles. The maximum absolute atomic E-state index is 13.4. The number of hydrogen-bond donors (Lipinski definition) is 1. The Kier molecular flexibility index (Phi) is 6.71. The maximum Gasteiger partial charge on any atom is 0.358 e. The van der Waals surface area contributed by atoms with Crippen LogP contribution in [-0.4, -0.2) is 59.7 Å². The molecule has 3 rings (SSSR count). The Labute approximate surface area is 179 Å². The van der Waals surface area contributed by atoms with E-state index in [1.165, 1.54) is 37.7 Å². The highest BCUT2D eigenvalue weighted by molar-refractivity contribution is 6.31. The average Bonchev–Trinajstić information content (AvgIpc) is 2.75. The van der Waals surface area contributed by atoms with Crippen LogP contribution in [0.1, 0.15) is 24.3 Å². The third-order valence-corrected chi connectivity index (χ3v) is 5.27. The Morgan fingerprint density at radius 1 is 1.27 bits per heavy atom. The number of nitrogens with one attached hydrogen (secondary N) is 1. The van der Waals surface area contributed by atoms with E-state index in [-0.39, 0.29) is 28.7 Å². The van der Waals surface area contributed by atoms with Crippen molar-refractivity contribution in [2.75, 3.05) is 37.0 Å². The van der Waals surface area contributed by atoms with Gasteiger partial charge in [-0.25, -0.2) is 23.9 Å². The number of urea groups is 1.